The number of halogens is 3. The van der Waals surface area contributed by atoms with Gasteiger partial charge in [0.25, 0.3) is 5.92 Å². The summed E-state index contributed by atoms with van der Waals surface area (Å²) in [5, 5.41) is 5.49. The lowest BCUT2D eigenvalue weighted by molar-refractivity contribution is -0.137. The van der Waals surface area contributed by atoms with E-state index in [1.807, 2.05) is 32.9 Å². The number of fused-ring (bicyclic) bond motifs is 5. The van der Waals surface area contributed by atoms with Crippen LogP contribution in [0.25, 0.3) is 44.7 Å². The number of carbonyl (C=O) groups is 4. The van der Waals surface area contributed by atoms with Crippen LogP contribution in [0, 0.1) is 17.7 Å². The minimum Gasteiger partial charge on any atom is -0.470 e. The van der Waals surface area contributed by atoms with E-state index >= 15 is 4.39 Å². The van der Waals surface area contributed by atoms with Gasteiger partial charge >= 0.3 is 12.2 Å². The van der Waals surface area contributed by atoms with Gasteiger partial charge in [-0.15, -0.1) is 0 Å². The Bertz CT molecular complexity index is 2590. The molecule has 1 unspecified atom stereocenters. The first kappa shape index (κ1) is 43.1. The summed E-state index contributed by atoms with van der Waals surface area (Å²) in [6.07, 6.45) is 1.79. The Hall–Kier alpha value is -6.53. The molecule has 0 radical (unpaired) electrons. The Morgan fingerprint density at radius 1 is 0.841 bits per heavy atom. The normalized spacial score (nSPS) is 20.0. The fraction of sp³-hybridized carbons (Fsp3) is 0.455. The molecular formula is C44H50F3N9O7. The largest absolute Gasteiger partial charge is 0.470 e. The second-order valence-electron chi connectivity index (χ2n) is 17.0. The van der Waals surface area contributed by atoms with Gasteiger partial charge in [-0.2, -0.15) is 0 Å². The number of hydrogen-bond donors (Lipinski definition) is 4. The summed E-state index contributed by atoms with van der Waals surface area (Å²) >= 11 is 0. The van der Waals surface area contributed by atoms with E-state index in [1.165, 1.54) is 13.3 Å². The third-order valence-corrected chi connectivity index (χ3v) is 12.2. The summed E-state index contributed by atoms with van der Waals surface area (Å²) < 4.78 is 64.2. The van der Waals surface area contributed by atoms with Crippen molar-refractivity contribution in [3.05, 3.63) is 66.3 Å². The highest BCUT2D eigenvalue weighted by atomic mass is 19.3. The number of ether oxygens (including phenoxy) is 3. The molecule has 0 saturated carbocycles. The van der Waals surface area contributed by atoms with Gasteiger partial charge in [-0.25, -0.2) is 32.7 Å². The molecule has 4 amide bonds. The van der Waals surface area contributed by atoms with Gasteiger partial charge in [-0.05, 0) is 55.9 Å². The highest BCUT2D eigenvalue weighted by Gasteiger charge is 2.50. The Kier molecular flexibility index (Phi) is 11.4. The Morgan fingerprint density at radius 3 is 2.02 bits per heavy atom. The number of benzene rings is 2. The number of likely N-dealkylation sites (tertiary alicyclic amines) is 2. The van der Waals surface area contributed by atoms with E-state index in [0.29, 0.717) is 69.2 Å². The van der Waals surface area contributed by atoms with Crippen LogP contribution in [0.1, 0.15) is 83.8 Å². The van der Waals surface area contributed by atoms with Gasteiger partial charge in [-0.1, -0.05) is 39.8 Å². The van der Waals surface area contributed by atoms with E-state index < -0.39 is 73.1 Å². The van der Waals surface area contributed by atoms with E-state index in [9.17, 15) is 28.0 Å². The van der Waals surface area contributed by atoms with Gasteiger partial charge in [0.05, 0.1) is 67.8 Å². The van der Waals surface area contributed by atoms with Crippen LogP contribution in [0.3, 0.4) is 0 Å². The van der Waals surface area contributed by atoms with Crippen LogP contribution >= 0.6 is 0 Å². The molecule has 0 spiro atoms. The molecule has 4 N–H and O–H groups in total. The number of carbonyl (C=O) groups excluding carboxylic acids is 4. The zero-order valence-corrected chi connectivity index (χ0v) is 35.9. The van der Waals surface area contributed by atoms with Crippen molar-refractivity contribution in [1.82, 2.24) is 44.9 Å². The van der Waals surface area contributed by atoms with Crippen LogP contribution < -0.4 is 15.4 Å². The Morgan fingerprint density at radius 2 is 1.41 bits per heavy atom. The predicted octanol–water partition coefficient (Wildman–Crippen LogP) is 7.47. The van der Waals surface area contributed by atoms with E-state index in [2.05, 4.69) is 35.3 Å². The topological polar surface area (TPSA) is 189 Å². The minimum atomic E-state index is -3.19. The number of nitrogens with zero attached hydrogens (tertiary/aromatic N) is 5. The van der Waals surface area contributed by atoms with Crippen molar-refractivity contribution < 1.29 is 46.6 Å². The summed E-state index contributed by atoms with van der Waals surface area (Å²) in [6.45, 7) is 8.58. The lowest BCUT2D eigenvalue weighted by Crippen LogP contribution is -2.51. The number of H-pyrrole nitrogens is 2. The molecule has 2 saturated heterocycles. The third-order valence-electron chi connectivity index (χ3n) is 12.2. The number of rotatable bonds is 10. The van der Waals surface area contributed by atoms with Gasteiger partial charge in [0, 0.05) is 35.0 Å². The number of alkyl carbamates (subject to hydrolysis) is 2. The molecule has 5 aromatic rings. The fourth-order valence-electron chi connectivity index (χ4n) is 8.96. The van der Waals surface area contributed by atoms with Gasteiger partial charge < -0.3 is 49.2 Å². The van der Waals surface area contributed by atoms with E-state index in [-0.39, 0.29) is 23.7 Å². The van der Waals surface area contributed by atoms with Gasteiger partial charge in [-0.3, -0.25) is 9.59 Å². The molecule has 334 valence electrons. The first-order chi connectivity index (χ1) is 30.0. The molecule has 3 aliphatic heterocycles. The molecule has 0 bridgehead atoms. The van der Waals surface area contributed by atoms with Crippen LogP contribution in [-0.4, -0.2) is 104 Å². The van der Waals surface area contributed by atoms with Crippen LogP contribution in [0.5, 0.6) is 5.75 Å². The molecule has 3 aliphatic rings. The molecule has 2 fully saturated rings. The summed E-state index contributed by atoms with van der Waals surface area (Å²) in [7, 11) is 2.41. The first-order valence-corrected chi connectivity index (χ1v) is 20.9. The van der Waals surface area contributed by atoms with E-state index in [0.717, 1.165) is 18.4 Å². The Balaban J connectivity index is 1.05. The second-order valence-corrected chi connectivity index (χ2v) is 17.0. The third kappa shape index (κ3) is 7.92. The molecule has 19 heteroatoms. The molecule has 2 aromatic carbocycles. The van der Waals surface area contributed by atoms with Crippen molar-refractivity contribution >= 4 is 34.9 Å². The molecule has 3 aromatic heterocycles. The zero-order chi connectivity index (χ0) is 45.1. The Labute approximate surface area is 360 Å². The summed E-state index contributed by atoms with van der Waals surface area (Å²) in [5.74, 6) is -3.99. The van der Waals surface area contributed by atoms with Gasteiger partial charge in [0.2, 0.25) is 11.8 Å². The molecule has 5 atom stereocenters. The lowest BCUT2D eigenvalue weighted by Gasteiger charge is -2.30. The van der Waals surface area contributed by atoms with Crippen molar-refractivity contribution in [2.45, 2.75) is 90.2 Å². The maximum atomic E-state index is 16.7. The average Bonchev–Trinajstić information content (AvgIpc) is 4.11. The first-order valence-electron chi connectivity index (χ1n) is 20.9. The molecule has 6 heterocycles. The molecule has 8 rings (SSSR count). The molecule has 63 heavy (non-hydrogen) atoms. The number of methoxy groups -OCH3 is 2. The fourth-order valence-corrected chi connectivity index (χ4v) is 8.96. The number of amides is 4. The van der Waals surface area contributed by atoms with Crippen molar-refractivity contribution in [2.75, 3.05) is 27.3 Å². The summed E-state index contributed by atoms with van der Waals surface area (Å²) in [4.78, 5) is 69.6. The number of alkyl halides is 2. The highest BCUT2D eigenvalue weighted by molar-refractivity contribution is 5.93. The number of aromatic nitrogens is 5. The van der Waals surface area contributed by atoms with Crippen molar-refractivity contribution in [3.8, 4) is 39.5 Å². The summed E-state index contributed by atoms with van der Waals surface area (Å²) in [5.41, 5.74) is 3.85. The molecule has 16 nitrogen and oxygen atoms in total. The standard InChI is InChI=1S/C44H50F3N9O7/c1-21(2)35(52-42(59)61-6)40(57)54-14-8-9-31(54)38-48-18-28(50-38)24-11-13-30-27(15-24)34(45)37-26-12-10-25(16-33(26)63-23(5)56(30)37)29-19-49-39(51-29)32-17-44(46,47)20-55(32)41(58)36(22(3)4)53-43(60)62-7/h10-13,15-16,18-19,21-23,31-32,35-36H,8-9,14,17,20H2,1-7H3,(H,48,50)(H,49,51)(H,52,59)(H,53,60)/t23?,31-,32-,35-,36-/m0/s1. The molecular weight excluding hydrogens is 824 g/mol. The van der Waals surface area contributed by atoms with Crippen LogP contribution in [0.4, 0.5) is 22.8 Å². The van der Waals surface area contributed by atoms with Crippen LogP contribution in [0.2, 0.25) is 0 Å². The number of nitrogens with one attached hydrogen (secondary N) is 4. The number of aromatic amines is 2. The number of imidazole rings is 2. The van der Waals surface area contributed by atoms with Gasteiger partial charge in [0.1, 0.15) is 29.5 Å². The van der Waals surface area contributed by atoms with Crippen molar-refractivity contribution in [1.29, 1.82) is 0 Å². The van der Waals surface area contributed by atoms with Crippen molar-refractivity contribution in [2.24, 2.45) is 11.8 Å². The number of hydrogen-bond acceptors (Lipinski definition) is 9. The van der Waals surface area contributed by atoms with Crippen molar-refractivity contribution in [3.63, 3.8) is 0 Å². The quantitative estimate of drug-likeness (QED) is 0.110. The lowest BCUT2D eigenvalue weighted by atomic mass is 10.0. The van der Waals surface area contributed by atoms with Gasteiger partial charge in [0.15, 0.2) is 12.0 Å². The van der Waals surface area contributed by atoms with Crippen LogP contribution in [-0.2, 0) is 19.1 Å². The second kappa shape index (κ2) is 16.6. The monoisotopic (exact) mass is 873 g/mol. The van der Waals surface area contributed by atoms with E-state index in [1.54, 1.807) is 53.8 Å². The SMILES string of the molecule is COC(=O)N[C@H](C(=O)N1CCC[C@H]1c1ncc(-c2ccc3c(c2)c(F)c2n3C(C)Oc3cc(-c4cnc([C@@H]5CC(F)(F)CN5C(=O)[C@@H](NC(=O)OC)C(C)C)[nH]4)ccc3-2)[nH]1)C(C)C. The summed E-state index contributed by atoms with van der Waals surface area (Å²) in [6, 6.07) is 7.36. The average molecular weight is 874 g/mol. The smallest absolute Gasteiger partial charge is 0.407 e. The minimum absolute atomic E-state index is 0.149. The maximum absolute atomic E-state index is 16.7. The zero-order valence-electron chi connectivity index (χ0n) is 35.9. The molecule has 0 aliphatic carbocycles. The predicted molar refractivity (Wildman–Crippen MR) is 224 cm³/mol. The highest BCUT2D eigenvalue weighted by Crippen LogP contribution is 2.47. The maximum Gasteiger partial charge on any atom is 0.407 e. The van der Waals surface area contributed by atoms with E-state index in [4.69, 9.17) is 9.47 Å². The van der Waals surface area contributed by atoms with Crippen LogP contribution in [0.15, 0.2) is 48.8 Å².